The van der Waals surface area contributed by atoms with Crippen LogP contribution in [0.15, 0.2) is 11.6 Å². The van der Waals surface area contributed by atoms with Crippen LogP contribution >= 0.6 is 0 Å². The molecule has 0 aromatic heterocycles. The minimum atomic E-state index is -0.794. The molecule has 2 aromatic rings. The van der Waals surface area contributed by atoms with Crippen molar-refractivity contribution in [1.82, 2.24) is 9.80 Å². The zero-order chi connectivity index (χ0) is 31.5. The number of methoxy groups -OCH3 is 4. The van der Waals surface area contributed by atoms with Crippen LogP contribution < -0.4 is 18.9 Å². The Kier molecular flexibility index (Phi) is 7.89. The van der Waals surface area contributed by atoms with Gasteiger partial charge in [-0.25, -0.2) is 4.79 Å². The monoisotopic (exact) mass is 596 g/mol. The van der Waals surface area contributed by atoms with Gasteiger partial charge in [0.25, 0.3) is 0 Å². The van der Waals surface area contributed by atoms with E-state index in [0.717, 1.165) is 5.56 Å². The number of amides is 1. The summed E-state index contributed by atoms with van der Waals surface area (Å²) in [7, 11) is 7.96. The minimum Gasteiger partial charge on any atom is -0.507 e. The van der Waals surface area contributed by atoms with E-state index in [1.54, 1.807) is 45.8 Å². The fourth-order valence-electron chi connectivity index (χ4n) is 7.20. The lowest BCUT2D eigenvalue weighted by molar-refractivity contribution is -0.162. The average molecular weight is 597 g/mol. The summed E-state index contributed by atoms with van der Waals surface area (Å²) in [6.07, 6.45) is 2.16. The number of carbonyl (C=O) groups is 2. The van der Waals surface area contributed by atoms with E-state index in [4.69, 9.17) is 23.7 Å². The third-order valence-corrected chi connectivity index (χ3v) is 9.43. The fourth-order valence-corrected chi connectivity index (χ4v) is 7.20. The van der Waals surface area contributed by atoms with Crippen LogP contribution in [0.1, 0.15) is 59.3 Å². The second-order valence-corrected chi connectivity index (χ2v) is 11.3. The van der Waals surface area contributed by atoms with Crippen LogP contribution in [0, 0.1) is 13.8 Å². The van der Waals surface area contributed by atoms with Crippen LogP contribution in [0.25, 0.3) is 0 Å². The van der Waals surface area contributed by atoms with Gasteiger partial charge in [0.1, 0.15) is 18.1 Å². The maximum absolute atomic E-state index is 14.5. The van der Waals surface area contributed by atoms with Crippen molar-refractivity contribution in [2.24, 2.45) is 0 Å². The Balaban J connectivity index is 1.78. The molecule has 2 aromatic carbocycles. The first kappa shape index (κ1) is 30.3. The molecule has 4 atom stereocenters. The molecule has 5 rings (SSSR count). The molecule has 3 heterocycles. The zero-order valence-corrected chi connectivity index (χ0v) is 26.2. The third kappa shape index (κ3) is 4.27. The molecule has 0 spiro atoms. The summed E-state index contributed by atoms with van der Waals surface area (Å²) in [5, 5.41) is 22.9. The Hall–Kier alpha value is -4.12. The van der Waals surface area contributed by atoms with E-state index >= 15 is 0 Å². The number of nitrogens with zero attached hydrogens (tertiary/aromatic N) is 2. The first-order chi connectivity index (χ1) is 20.5. The van der Waals surface area contributed by atoms with Gasteiger partial charge in [-0.05, 0) is 41.2 Å². The lowest BCUT2D eigenvalue weighted by atomic mass is 9.73. The predicted octanol–water partition coefficient (Wildman–Crippen LogP) is 3.66. The van der Waals surface area contributed by atoms with Crippen molar-refractivity contribution in [2.75, 3.05) is 42.1 Å². The summed E-state index contributed by atoms with van der Waals surface area (Å²) in [6.45, 7) is 6.74. The zero-order valence-electron chi connectivity index (χ0n) is 26.2. The Morgan fingerprint density at radius 1 is 0.884 bits per heavy atom. The molecule has 2 bridgehead atoms. The smallest absolute Gasteiger partial charge is 0.333 e. The molecule has 1 fully saturated rings. The van der Waals surface area contributed by atoms with Crippen LogP contribution in [0.3, 0.4) is 0 Å². The van der Waals surface area contributed by atoms with Crippen molar-refractivity contribution in [3.8, 4) is 34.5 Å². The number of likely N-dealkylation sites (N-methyl/N-ethyl adjacent to an activating group) is 1. The lowest BCUT2D eigenvalue weighted by Gasteiger charge is -2.57. The van der Waals surface area contributed by atoms with E-state index in [1.807, 2.05) is 11.9 Å². The number of fused-ring (bicyclic) bond motifs is 7. The highest BCUT2D eigenvalue weighted by Gasteiger charge is 2.56. The van der Waals surface area contributed by atoms with Gasteiger partial charge in [0.05, 0.1) is 52.6 Å². The highest BCUT2D eigenvalue weighted by molar-refractivity contribution is 5.88. The third-order valence-electron chi connectivity index (χ3n) is 9.43. The molecule has 43 heavy (non-hydrogen) atoms. The number of phenolic OH excluding ortho intramolecular Hbond substituents is 2. The summed E-state index contributed by atoms with van der Waals surface area (Å²) < 4.78 is 28.9. The van der Waals surface area contributed by atoms with Gasteiger partial charge in [-0.2, -0.15) is 0 Å². The van der Waals surface area contributed by atoms with Gasteiger partial charge in [-0.15, -0.1) is 0 Å². The Bertz CT molecular complexity index is 1530. The molecule has 2 N–H and O–H groups in total. The second-order valence-electron chi connectivity index (χ2n) is 11.3. The molecule has 0 aliphatic carbocycles. The first-order valence-corrected chi connectivity index (χ1v) is 14.2. The normalized spacial score (nSPS) is 22.8. The number of phenols is 2. The molecule has 0 radical (unpaired) electrons. The van der Waals surface area contributed by atoms with Crippen LogP contribution in [0.4, 0.5) is 0 Å². The number of allylic oxidation sites excluding steroid dienone is 1. The summed E-state index contributed by atoms with van der Waals surface area (Å²) in [5.74, 6) is 1.04. The van der Waals surface area contributed by atoms with E-state index in [0.29, 0.717) is 56.4 Å². The number of hydrogen-bond acceptors (Lipinski definition) is 10. The van der Waals surface area contributed by atoms with Crippen molar-refractivity contribution in [3.05, 3.63) is 45.0 Å². The molecular weight excluding hydrogens is 556 g/mol. The van der Waals surface area contributed by atoms with Crippen molar-refractivity contribution in [1.29, 1.82) is 0 Å². The number of carbonyl (C=O) groups excluding carboxylic acids is 2. The number of ether oxygens (including phenoxy) is 5. The molecule has 3 aliphatic rings. The quantitative estimate of drug-likeness (QED) is 0.361. The Labute approximate surface area is 251 Å². The number of aromatic hydroxyl groups is 2. The van der Waals surface area contributed by atoms with Gasteiger partial charge in [0.15, 0.2) is 23.0 Å². The molecule has 0 saturated carbocycles. The average Bonchev–Trinajstić information content (AvgIpc) is 3.00. The lowest BCUT2D eigenvalue weighted by Crippen LogP contribution is -2.67. The standard InChI is InChI=1S/C32H40N2O9/c1-10-14(2)32(38)43-13-21-22-17(25(35)15(3)27(39-6)29(22)41-8)11-19-24-23-18(12-20(33(24)5)31(37)34(19)21)26(36)16(4)28(40-7)30(23)42-9/h10,19-21,24,35-36H,11-13H2,1-9H3/b14-10-/t19-,20-,21-,24-/m1/s1. The van der Waals surface area contributed by atoms with E-state index in [1.165, 1.54) is 21.3 Å². The largest absolute Gasteiger partial charge is 0.507 e. The fraction of sp³-hybridized carbons (Fsp3) is 0.500. The van der Waals surface area contributed by atoms with Crippen LogP contribution in [0.2, 0.25) is 0 Å². The van der Waals surface area contributed by atoms with Gasteiger partial charge < -0.3 is 38.8 Å². The molecule has 232 valence electrons. The molecule has 1 amide bonds. The van der Waals surface area contributed by atoms with Gasteiger partial charge in [0, 0.05) is 45.4 Å². The topological polar surface area (TPSA) is 127 Å². The van der Waals surface area contributed by atoms with E-state index < -0.39 is 30.1 Å². The summed E-state index contributed by atoms with van der Waals surface area (Å²) >= 11 is 0. The van der Waals surface area contributed by atoms with Gasteiger partial charge in [0.2, 0.25) is 5.91 Å². The van der Waals surface area contributed by atoms with Gasteiger partial charge in [-0.3, -0.25) is 9.69 Å². The molecule has 11 heteroatoms. The van der Waals surface area contributed by atoms with Crippen molar-refractivity contribution < 1.29 is 43.5 Å². The van der Waals surface area contributed by atoms with Crippen LogP contribution in [-0.4, -0.2) is 86.1 Å². The first-order valence-electron chi connectivity index (χ1n) is 14.2. The number of piperazine rings is 1. The van der Waals surface area contributed by atoms with E-state index in [9.17, 15) is 19.8 Å². The van der Waals surface area contributed by atoms with Gasteiger partial charge in [-0.1, -0.05) is 6.08 Å². The highest BCUT2D eigenvalue weighted by Crippen LogP contribution is 2.58. The summed E-state index contributed by atoms with van der Waals surface area (Å²) in [5.41, 5.74) is 3.95. The van der Waals surface area contributed by atoms with Crippen molar-refractivity contribution in [2.45, 2.75) is 64.7 Å². The van der Waals surface area contributed by atoms with Crippen LogP contribution in [0.5, 0.6) is 34.5 Å². The number of esters is 1. The molecular formula is C32H40N2O9. The molecule has 3 aliphatic heterocycles. The second kappa shape index (κ2) is 11.2. The summed E-state index contributed by atoms with van der Waals surface area (Å²) in [6, 6.07) is -2.38. The predicted molar refractivity (Wildman–Crippen MR) is 157 cm³/mol. The Morgan fingerprint density at radius 2 is 1.40 bits per heavy atom. The van der Waals surface area contributed by atoms with E-state index in [2.05, 4.69) is 0 Å². The summed E-state index contributed by atoms with van der Waals surface area (Å²) in [4.78, 5) is 31.1. The Morgan fingerprint density at radius 3 is 1.91 bits per heavy atom. The van der Waals surface area contributed by atoms with E-state index in [-0.39, 0.29) is 36.9 Å². The van der Waals surface area contributed by atoms with Crippen molar-refractivity contribution in [3.63, 3.8) is 0 Å². The number of rotatable bonds is 7. The number of benzene rings is 2. The highest BCUT2D eigenvalue weighted by atomic mass is 16.5. The maximum Gasteiger partial charge on any atom is 0.333 e. The molecule has 1 saturated heterocycles. The molecule has 11 nitrogen and oxygen atoms in total. The minimum absolute atomic E-state index is 0.0258. The number of hydrogen-bond donors (Lipinski definition) is 2. The van der Waals surface area contributed by atoms with Crippen molar-refractivity contribution >= 4 is 11.9 Å². The van der Waals surface area contributed by atoms with Gasteiger partial charge >= 0.3 is 5.97 Å². The molecule has 0 unspecified atom stereocenters. The SMILES string of the molecule is C/C=C(/C)C(=O)OC[C@@H]1c2c(c(O)c(C)c(OC)c2OC)C[C@@H]2[C@@H]3c4c(c(O)c(C)c(OC)c4OC)C[C@H](C(=O)N12)N3C. The van der Waals surface area contributed by atoms with Crippen LogP contribution in [-0.2, 0) is 27.2 Å². The maximum atomic E-state index is 14.5.